The Kier molecular flexibility index (Phi) is 10.5. The van der Waals surface area contributed by atoms with Crippen molar-refractivity contribution in [3.63, 3.8) is 0 Å². The Morgan fingerprint density at radius 1 is 0.767 bits per heavy atom. The van der Waals surface area contributed by atoms with Crippen LogP contribution in [0.1, 0.15) is 31.4 Å². The maximum absolute atomic E-state index is 13.3. The number of aliphatic carboxylic acids is 1. The van der Waals surface area contributed by atoms with Crippen LogP contribution < -0.4 is 21.7 Å². The third kappa shape index (κ3) is 7.96. The number of hydrogen-bond donors (Lipinski definition) is 8. The van der Waals surface area contributed by atoms with E-state index >= 15 is 0 Å². The highest BCUT2D eigenvalue weighted by molar-refractivity contribution is 7.80. The number of amides is 3. The second kappa shape index (κ2) is 14.3. The molecule has 2 aromatic carbocycles. The molecular weight excluding hydrogens is 568 g/mol. The number of aromatic nitrogens is 2. The topological polar surface area (TPSA) is 182 Å². The van der Waals surface area contributed by atoms with Crippen LogP contribution in [0.2, 0.25) is 0 Å². The van der Waals surface area contributed by atoms with Crippen molar-refractivity contribution in [3.05, 3.63) is 72.1 Å². The molecule has 0 aliphatic carbocycles. The fourth-order valence-electron chi connectivity index (χ4n) is 5.07. The van der Waals surface area contributed by atoms with Gasteiger partial charge in [0.15, 0.2) is 0 Å². The minimum atomic E-state index is -1.24. The van der Waals surface area contributed by atoms with E-state index in [0.29, 0.717) is 6.42 Å². The number of rotatable bonds is 14. The van der Waals surface area contributed by atoms with E-state index in [4.69, 9.17) is 5.73 Å². The predicted molar refractivity (Wildman–Crippen MR) is 169 cm³/mol. The fraction of sp³-hybridized carbons (Fsp3) is 0.355. The molecule has 4 unspecified atom stereocenters. The van der Waals surface area contributed by atoms with Crippen LogP contribution in [0.4, 0.5) is 0 Å². The monoisotopic (exact) mass is 606 g/mol. The number of carbonyl (C=O) groups is 4. The highest BCUT2D eigenvalue weighted by Crippen LogP contribution is 2.20. The van der Waals surface area contributed by atoms with Crippen LogP contribution in [0, 0.1) is 5.92 Å². The highest BCUT2D eigenvalue weighted by Gasteiger charge is 2.30. The van der Waals surface area contributed by atoms with Gasteiger partial charge < -0.3 is 36.8 Å². The van der Waals surface area contributed by atoms with E-state index in [1.54, 1.807) is 6.20 Å². The molecule has 11 nitrogen and oxygen atoms in total. The summed E-state index contributed by atoms with van der Waals surface area (Å²) in [4.78, 5) is 57.8. The summed E-state index contributed by atoms with van der Waals surface area (Å²) in [5.74, 6) is -3.03. The van der Waals surface area contributed by atoms with Gasteiger partial charge in [0.25, 0.3) is 0 Å². The van der Waals surface area contributed by atoms with Crippen LogP contribution in [-0.2, 0) is 32.0 Å². The lowest BCUT2D eigenvalue weighted by atomic mass is 10.0. The Morgan fingerprint density at radius 2 is 1.26 bits per heavy atom. The highest BCUT2D eigenvalue weighted by atomic mass is 32.1. The normalized spacial score (nSPS) is 14.3. The largest absolute Gasteiger partial charge is 0.480 e. The number of benzene rings is 2. The lowest BCUT2D eigenvalue weighted by Gasteiger charge is -2.25. The molecule has 4 aromatic rings. The number of thiol groups is 1. The van der Waals surface area contributed by atoms with Crippen LogP contribution in [0.15, 0.2) is 60.9 Å². The van der Waals surface area contributed by atoms with Crippen molar-refractivity contribution < 1.29 is 24.3 Å². The van der Waals surface area contributed by atoms with Crippen molar-refractivity contribution in [2.75, 3.05) is 5.75 Å². The van der Waals surface area contributed by atoms with Crippen molar-refractivity contribution in [2.45, 2.75) is 57.3 Å². The molecule has 0 spiro atoms. The quantitative estimate of drug-likeness (QED) is 0.102. The van der Waals surface area contributed by atoms with Crippen LogP contribution in [0.5, 0.6) is 0 Å². The third-order valence-electron chi connectivity index (χ3n) is 7.32. The summed E-state index contributed by atoms with van der Waals surface area (Å²) in [6.07, 6.45) is 4.14. The van der Waals surface area contributed by atoms with Crippen LogP contribution >= 0.6 is 12.6 Å². The van der Waals surface area contributed by atoms with Gasteiger partial charge in [-0.25, -0.2) is 4.79 Å². The lowest BCUT2D eigenvalue weighted by Crippen LogP contribution is -2.58. The van der Waals surface area contributed by atoms with E-state index in [1.807, 2.05) is 68.6 Å². The van der Waals surface area contributed by atoms with Crippen LogP contribution in [-0.4, -0.2) is 68.7 Å². The number of para-hydroxylation sites is 2. The molecule has 0 saturated carbocycles. The first-order chi connectivity index (χ1) is 20.6. The van der Waals surface area contributed by atoms with E-state index in [2.05, 4.69) is 38.5 Å². The van der Waals surface area contributed by atoms with Crippen LogP contribution in [0.3, 0.4) is 0 Å². The number of carboxylic acids is 1. The van der Waals surface area contributed by atoms with Crippen molar-refractivity contribution in [1.82, 2.24) is 25.9 Å². The molecule has 2 heterocycles. The molecular formula is C31H38N6O5S. The maximum atomic E-state index is 13.3. The van der Waals surface area contributed by atoms with E-state index in [1.165, 1.54) is 0 Å². The molecule has 4 atom stereocenters. The zero-order valence-electron chi connectivity index (χ0n) is 24.1. The van der Waals surface area contributed by atoms with Gasteiger partial charge >= 0.3 is 5.97 Å². The molecule has 228 valence electrons. The number of H-pyrrole nitrogens is 2. The molecule has 3 amide bonds. The molecule has 2 aromatic heterocycles. The summed E-state index contributed by atoms with van der Waals surface area (Å²) in [5.41, 5.74) is 9.64. The lowest BCUT2D eigenvalue weighted by molar-refractivity contribution is -0.142. The number of carboxylic acid groups (broad SMARTS) is 1. The number of carbonyl (C=O) groups excluding carboxylic acids is 3. The van der Waals surface area contributed by atoms with Gasteiger partial charge in [-0.1, -0.05) is 50.2 Å². The zero-order chi connectivity index (χ0) is 31.1. The van der Waals surface area contributed by atoms with Gasteiger partial charge in [0.05, 0.1) is 6.04 Å². The number of nitrogens with two attached hydrogens (primary N) is 1. The Bertz CT molecular complexity index is 1600. The molecule has 4 rings (SSSR count). The first kappa shape index (κ1) is 31.6. The first-order valence-electron chi connectivity index (χ1n) is 14.2. The van der Waals surface area contributed by atoms with Crippen molar-refractivity contribution >= 4 is 58.1 Å². The molecule has 0 radical (unpaired) electrons. The van der Waals surface area contributed by atoms with E-state index < -0.39 is 47.9 Å². The van der Waals surface area contributed by atoms with Crippen LogP contribution in [0.25, 0.3) is 21.8 Å². The second-order valence-electron chi connectivity index (χ2n) is 11.1. The fourth-order valence-corrected chi connectivity index (χ4v) is 5.33. The van der Waals surface area contributed by atoms with Gasteiger partial charge in [-0.3, -0.25) is 14.4 Å². The molecule has 0 saturated heterocycles. The van der Waals surface area contributed by atoms with E-state index in [-0.39, 0.29) is 24.5 Å². The zero-order valence-corrected chi connectivity index (χ0v) is 25.0. The van der Waals surface area contributed by atoms with Gasteiger partial charge in [-0.15, -0.1) is 0 Å². The third-order valence-corrected chi connectivity index (χ3v) is 7.69. The summed E-state index contributed by atoms with van der Waals surface area (Å²) < 4.78 is 0. The summed E-state index contributed by atoms with van der Waals surface area (Å²) in [6.45, 7) is 3.81. The molecule has 0 aliphatic heterocycles. The second-order valence-corrected chi connectivity index (χ2v) is 11.4. The van der Waals surface area contributed by atoms with Gasteiger partial charge in [-0.05, 0) is 42.0 Å². The first-order valence-corrected chi connectivity index (χ1v) is 14.8. The minimum absolute atomic E-state index is 0.0386. The Hall–Kier alpha value is -4.29. The SMILES string of the molecule is CC(C)CC(NC(=O)C(N)Cc1c[nH]c2ccccc12)C(=O)NC(CS)C(=O)NC(Cc1c[nH]c2ccccc12)C(=O)O. The molecule has 8 N–H and O–H groups in total. The Balaban J connectivity index is 1.39. The molecule has 0 aliphatic rings. The average Bonchev–Trinajstić information content (AvgIpc) is 3.58. The maximum Gasteiger partial charge on any atom is 0.326 e. The molecule has 43 heavy (non-hydrogen) atoms. The standard InChI is InChI=1S/C31H38N6O5S/c1-17(2)11-25(35-28(38)22(32)12-18-14-33-23-9-5-3-7-20(18)23)29(39)37-27(16-43)30(40)36-26(31(41)42)13-19-15-34-24-10-6-4-8-21(19)24/h3-10,14-15,17,22,25-27,33-34,43H,11-13,16,32H2,1-2H3,(H,35,38)(H,36,40)(H,37,39)(H,41,42). The van der Waals surface area contributed by atoms with Gasteiger partial charge in [0.2, 0.25) is 17.7 Å². The van der Waals surface area contributed by atoms with Crippen molar-refractivity contribution in [3.8, 4) is 0 Å². The number of hydrogen-bond acceptors (Lipinski definition) is 6. The molecule has 0 fully saturated rings. The van der Waals surface area contributed by atoms with Crippen molar-refractivity contribution in [1.29, 1.82) is 0 Å². The summed E-state index contributed by atoms with van der Waals surface area (Å²) in [7, 11) is 0. The predicted octanol–water partition coefficient (Wildman–Crippen LogP) is 2.28. The minimum Gasteiger partial charge on any atom is -0.480 e. The summed E-state index contributed by atoms with van der Waals surface area (Å²) in [5, 5.41) is 19.6. The Labute approximate surface area is 254 Å². The number of nitrogens with one attached hydrogen (secondary N) is 5. The van der Waals surface area contributed by atoms with Crippen molar-refractivity contribution in [2.24, 2.45) is 11.7 Å². The van der Waals surface area contributed by atoms with E-state index in [9.17, 15) is 24.3 Å². The van der Waals surface area contributed by atoms with Gasteiger partial charge in [0.1, 0.15) is 18.1 Å². The Morgan fingerprint density at radius 3 is 1.79 bits per heavy atom. The summed E-state index contributed by atoms with van der Waals surface area (Å²) >= 11 is 4.22. The molecule has 0 bridgehead atoms. The van der Waals surface area contributed by atoms with Gasteiger partial charge in [-0.2, -0.15) is 12.6 Å². The number of aromatic amines is 2. The van der Waals surface area contributed by atoms with E-state index in [0.717, 1.165) is 32.9 Å². The molecule has 12 heteroatoms. The average molecular weight is 607 g/mol. The smallest absolute Gasteiger partial charge is 0.326 e. The van der Waals surface area contributed by atoms with Gasteiger partial charge in [0, 0.05) is 46.4 Å². The summed E-state index contributed by atoms with van der Waals surface area (Å²) in [6, 6.07) is 10.9. The number of fused-ring (bicyclic) bond motifs is 2.